The van der Waals surface area contributed by atoms with Gasteiger partial charge in [-0.3, -0.25) is 9.59 Å². The molecule has 4 rings (SSSR count). The molecule has 0 saturated carbocycles. The van der Waals surface area contributed by atoms with E-state index in [4.69, 9.17) is 16.3 Å². The van der Waals surface area contributed by atoms with Crippen LogP contribution < -0.4 is 27.2 Å². The van der Waals surface area contributed by atoms with Crippen molar-refractivity contribution in [1.29, 1.82) is 0 Å². The van der Waals surface area contributed by atoms with Gasteiger partial charge in [-0.1, -0.05) is 69.4 Å². The van der Waals surface area contributed by atoms with Crippen molar-refractivity contribution in [2.24, 2.45) is 23.4 Å². The molecular weight excluding hydrogens is 552 g/mol. The molecule has 1 aromatic carbocycles. The maximum atomic E-state index is 10.7. The van der Waals surface area contributed by atoms with E-state index in [1.807, 2.05) is 49.2 Å². The van der Waals surface area contributed by atoms with Gasteiger partial charge in [0.2, 0.25) is 6.41 Å². The quantitative estimate of drug-likeness (QED) is 0.102. The predicted molar refractivity (Wildman–Crippen MR) is 186 cm³/mol. The molecule has 248 valence electrons. The van der Waals surface area contributed by atoms with Crippen molar-refractivity contribution >= 4 is 18.0 Å². The zero-order valence-electron chi connectivity index (χ0n) is 27.6. The highest BCUT2D eigenvalue weighted by molar-refractivity contribution is 5.91. The summed E-state index contributed by atoms with van der Waals surface area (Å²) in [5.74, 6) is 7.11. The molecule has 1 aromatic rings. The van der Waals surface area contributed by atoms with E-state index in [2.05, 4.69) is 55.5 Å². The second kappa shape index (κ2) is 27.2. The summed E-state index contributed by atoms with van der Waals surface area (Å²) in [5, 5.41) is 7.78. The van der Waals surface area contributed by atoms with Crippen LogP contribution in [-0.2, 0) is 14.3 Å². The van der Waals surface area contributed by atoms with Gasteiger partial charge in [0, 0.05) is 26.2 Å². The number of nitrogens with one attached hydrogen (secondary N) is 2. The molecule has 2 amide bonds. The SMILES string of the molecule is C=C.C=C(N)C(=O)NCC(C)C.C[C@@H]1CCCNC1.NN(CCCC1=CCCC=C1)c1ccccc1.O=CN1CCOCC1. The summed E-state index contributed by atoms with van der Waals surface area (Å²) in [7, 11) is 0. The lowest BCUT2D eigenvalue weighted by molar-refractivity contribution is -0.122. The summed E-state index contributed by atoms with van der Waals surface area (Å²) in [6, 6.07) is 10.1. The lowest BCUT2D eigenvalue weighted by Crippen LogP contribution is -2.34. The number of ether oxygens (including phenoxy) is 1. The number of para-hydroxylation sites is 1. The number of piperidine rings is 1. The third kappa shape index (κ3) is 22.2. The number of carbonyl (C=O) groups excluding carboxylic acids is 2. The smallest absolute Gasteiger partial charge is 0.266 e. The van der Waals surface area contributed by atoms with E-state index < -0.39 is 0 Å². The van der Waals surface area contributed by atoms with Crippen molar-refractivity contribution in [2.75, 3.05) is 57.5 Å². The lowest BCUT2D eigenvalue weighted by Gasteiger charge is -2.21. The van der Waals surface area contributed by atoms with Crippen LogP contribution in [0.15, 0.2) is 79.6 Å². The van der Waals surface area contributed by atoms with Crippen LogP contribution in [0.2, 0.25) is 0 Å². The van der Waals surface area contributed by atoms with E-state index in [1.165, 1.54) is 44.3 Å². The minimum atomic E-state index is -0.270. The number of amides is 2. The molecule has 0 aromatic heterocycles. The fourth-order valence-corrected chi connectivity index (χ4v) is 4.17. The molecule has 0 radical (unpaired) electrons. The maximum absolute atomic E-state index is 10.7. The molecule has 9 heteroatoms. The average Bonchev–Trinajstić information content (AvgIpc) is 3.07. The Kier molecular flexibility index (Phi) is 25.1. The number of anilines is 1. The van der Waals surface area contributed by atoms with E-state index in [1.54, 1.807) is 4.90 Å². The minimum Gasteiger partial charge on any atom is -0.395 e. The third-order valence-corrected chi connectivity index (χ3v) is 6.72. The number of hydrogen-bond acceptors (Lipinski definition) is 7. The van der Waals surface area contributed by atoms with Gasteiger partial charge in [-0.2, -0.15) is 0 Å². The van der Waals surface area contributed by atoms with Gasteiger partial charge in [0.1, 0.15) is 0 Å². The molecule has 6 N–H and O–H groups in total. The first-order valence-electron chi connectivity index (χ1n) is 15.9. The van der Waals surface area contributed by atoms with Crippen molar-refractivity contribution in [3.8, 4) is 0 Å². The Morgan fingerprint density at radius 1 is 1.20 bits per heavy atom. The van der Waals surface area contributed by atoms with Gasteiger partial charge in [-0.05, 0) is 75.6 Å². The molecule has 1 atom stereocenters. The van der Waals surface area contributed by atoms with Crippen LogP contribution in [-0.4, -0.2) is 69.7 Å². The summed E-state index contributed by atoms with van der Waals surface area (Å²) < 4.78 is 5.00. The minimum absolute atomic E-state index is 0.0700. The van der Waals surface area contributed by atoms with Crippen LogP contribution >= 0.6 is 0 Å². The molecule has 9 nitrogen and oxygen atoms in total. The highest BCUT2D eigenvalue weighted by Crippen LogP contribution is 2.16. The number of rotatable bonds is 9. The molecule has 44 heavy (non-hydrogen) atoms. The van der Waals surface area contributed by atoms with E-state index in [9.17, 15) is 9.59 Å². The van der Waals surface area contributed by atoms with E-state index in [-0.39, 0.29) is 11.6 Å². The standard InChI is InChI=1S/C15H20N2.C7H14N2O.C6H13N.C5H9NO2.C2H4/c16-17(15-11-5-2-6-12-15)13-7-10-14-8-3-1-4-9-14;1-5(2)4-9-7(10)6(3)8;1-6-3-2-4-7-5-6;7-5-6-1-3-8-4-2-6;1-2/h2-3,5-6,8-9,11-12H,1,4,7,10,13,16H2;5H,3-4,8H2,1-2H3,(H,9,10);6-7H,2-5H2,1H3;5H,1-4H2;1-2H2/t;;6-;;/m..1../s1. The second-order valence-electron chi connectivity index (χ2n) is 11.2. The first-order chi connectivity index (χ1) is 21.2. The molecule has 0 unspecified atom stereocenters. The Morgan fingerprint density at radius 3 is 2.34 bits per heavy atom. The number of morpholine rings is 1. The second-order valence-corrected chi connectivity index (χ2v) is 11.2. The fourth-order valence-electron chi connectivity index (χ4n) is 4.17. The summed E-state index contributed by atoms with van der Waals surface area (Å²) in [6.45, 7) is 22.5. The van der Waals surface area contributed by atoms with Gasteiger partial charge in [-0.25, -0.2) is 5.84 Å². The van der Waals surface area contributed by atoms with E-state index in [0.717, 1.165) is 50.5 Å². The van der Waals surface area contributed by atoms with Crippen molar-refractivity contribution in [3.05, 3.63) is 79.6 Å². The predicted octanol–water partition coefficient (Wildman–Crippen LogP) is 4.94. The number of nitrogens with two attached hydrogens (primary N) is 2. The Balaban J connectivity index is 0.000000588. The topological polar surface area (TPSA) is 126 Å². The molecule has 2 aliphatic heterocycles. The van der Waals surface area contributed by atoms with Gasteiger partial charge in [0.05, 0.1) is 24.6 Å². The van der Waals surface area contributed by atoms with E-state index in [0.29, 0.717) is 25.7 Å². The number of nitrogens with zero attached hydrogens (tertiary/aromatic N) is 2. The monoisotopic (exact) mass is 612 g/mol. The van der Waals surface area contributed by atoms with Gasteiger partial charge in [-0.15, -0.1) is 13.2 Å². The van der Waals surface area contributed by atoms with Crippen LogP contribution in [0.1, 0.15) is 59.3 Å². The Hall–Kier alpha value is -3.40. The fraction of sp³-hybridized carbons (Fsp3) is 0.543. The van der Waals surface area contributed by atoms with Crippen LogP contribution in [0.25, 0.3) is 0 Å². The van der Waals surface area contributed by atoms with E-state index >= 15 is 0 Å². The highest BCUT2D eigenvalue weighted by atomic mass is 16.5. The largest absolute Gasteiger partial charge is 0.395 e. The number of benzene rings is 1. The van der Waals surface area contributed by atoms with Crippen molar-refractivity contribution in [2.45, 2.75) is 59.3 Å². The highest BCUT2D eigenvalue weighted by Gasteiger charge is 2.06. The number of hydrogen-bond donors (Lipinski definition) is 4. The van der Waals surface area contributed by atoms with Crippen LogP contribution in [0.3, 0.4) is 0 Å². The van der Waals surface area contributed by atoms with Crippen LogP contribution in [0.5, 0.6) is 0 Å². The molecule has 2 fully saturated rings. The molecule has 0 spiro atoms. The normalized spacial score (nSPS) is 16.9. The summed E-state index contributed by atoms with van der Waals surface area (Å²) >= 11 is 0. The number of carbonyl (C=O) groups is 2. The zero-order valence-corrected chi connectivity index (χ0v) is 27.6. The molecule has 0 bridgehead atoms. The van der Waals surface area contributed by atoms with Gasteiger partial charge in [0.15, 0.2) is 0 Å². The molecule has 2 saturated heterocycles. The molecule has 3 aliphatic rings. The summed E-state index contributed by atoms with van der Waals surface area (Å²) in [4.78, 5) is 22.5. The number of hydrazine groups is 1. The Morgan fingerprint density at radius 2 is 1.89 bits per heavy atom. The van der Waals surface area contributed by atoms with Crippen LogP contribution in [0, 0.1) is 11.8 Å². The van der Waals surface area contributed by atoms with Crippen LogP contribution in [0.4, 0.5) is 5.69 Å². The molecule has 1 aliphatic carbocycles. The maximum Gasteiger partial charge on any atom is 0.266 e. The third-order valence-electron chi connectivity index (χ3n) is 6.72. The summed E-state index contributed by atoms with van der Waals surface area (Å²) in [6.07, 6.45) is 15.1. The first kappa shape index (κ1) is 40.6. The van der Waals surface area contributed by atoms with Crippen molar-refractivity contribution < 1.29 is 14.3 Å². The van der Waals surface area contributed by atoms with Gasteiger partial charge >= 0.3 is 0 Å². The Labute approximate surface area is 267 Å². The molecular formula is C35H60N6O3. The first-order valence-corrected chi connectivity index (χ1v) is 15.9. The van der Waals surface area contributed by atoms with Crippen molar-refractivity contribution in [1.82, 2.24) is 15.5 Å². The van der Waals surface area contributed by atoms with Gasteiger partial charge < -0.3 is 31.0 Å². The lowest BCUT2D eigenvalue weighted by atomic mass is 10.0. The zero-order chi connectivity index (χ0) is 33.0. The number of allylic oxidation sites excluding steroid dienone is 4. The average molecular weight is 613 g/mol. The molecule has 2 heterocycles. The summed E-state index contributed by atoms with van der Waals surface area (Å²) in [5.41, 5.74) is 7.73. The van der Waals surface area contributed by atoms with Crippen molar-refractivity contribution in [3.63, 3.8) is 0 Å². The van der Waals surface area contributed by atoms with Gasteiger partial charge in [0.25, 0.3) is 5.91 Å². The Bertz CT molecular complexity index is 939.